The molecule has 0 fully saturated rings. The second-order valence-electron chi connectivity index (χ2n) is 4.27. The molecule has 2 rings (SSSR count). The van der Waals surface area contributed by atoms with Gasteiger partial charge >= 0.3 is 0 Å². The number of nitrogens with one attached hydrogen (secondary N) is 2. The van der Waals surface area contributed by atoms with Gasteiger partial charge in [-0.2, -0.15) is 5.10 Å². The fourth-order valence-electron chi connectivity index (χ4n) is 1.61. The Morgan fingerprint density at radius 3 is 2.55 bits per heavy atom. The number of nitrogens with zero attached hydrogens (tertiary/aromatic N) is 1. The van der Waals surface area contributed by atoms with Crippen molar-refractivity contribution in [2.75, 3.05) is 11.9 Å². The molecular weight excluding hydrogens is 345 g/mol. The van der Waals surface area contributed by atoms with E-state index in [0.29, 0.717) is 26.3 Å². The van der Waals surface area contributed by atoms with Crippen LogP contribution in [0.2, 0.25) is 15.1 Å². The average Bonchev–Trinajstić information content (AvgIpc) is 2.51. The Kier molecular flexibility index (Phi) is 6.07. The Morgan fingerprint density at radius 2 is 1.77 bits per heavy atom. The third-order valence-corrected chi connectivity index (χ3v) is 3.85. The van der Waals surface area contributed by atoms with Gasteiger partial charge in [0.1, 0.15) is 0 Å². The summed E-state index contributed by atoms with van der Waals surface area (Å²) in [4.78, 5) is 11.7. The molecule has 22 heavy (non-hydrogen) atoms. The number of hydrogen-bond acceptors (Lipinski definition) is 3. The van der Waals surface area contributed by atoms with Crippen molar-refractivity contribution >= 4 is 52.6 Å². The molecule has 0 saturated carbocycles. The predicted molar refractivity (Wildman–Crippen MR) is 92.1 cm³/mol. The van der Waals surface area contributed by atoms with Gasteiger partial charge in [0, 0.05) is 5.56 Å². The maximum Gasteiger partial charge on any atom is 0.259 e. The van der Waals surface area contributed by atoms with Crippen molar-refractivity contribution < 1.29 is 4.79 Å². The molecule has 114 valence electrons. The molecule has 1 amide bonds. The third-order valence-electron chi connectivity index (χ3n) is 2.69. The standard InChI is InChI=1S/C15H12Cl3N3O/c16-11-5-1-2-7-13(11)19-9-14(22)21-20-8-10-4-3-6-12(17)15(10)18/h1-8,19H,9H2,(H,21,22). The second-order valence-corrected chi connectivity index (χ2v) is 5.46. The summed E-state index contributed by atoms with van der Waals surface area (Å²) in [5.74, 6) is -0.311. The summed E-state index contributed by atoms with van der Waals surface area (Å²) < 4.78 is 0. The molecule has 0 unspecified atom stereocenters. The van der Waals surface area contributed by atoms with Gasteiger partial charge in [0.2, 0.25) is 0 Å². The van der Waals surface area contributed by atoms with Crippen LogP contribution in [-0.2, 0) is 4.79 Å². The SMILES string of the molecule is O=C(CNc1ccccc1Cl)NN=Cc1cccc(Cl)c1Cl. The highest BCUT2D eigenvalue weighted by atomic mass is 35.5. The quantitative estimate of drug-likeness (QED) is 0.623. The van der Waals surface area contributed by atoms with Crippen LogP contribution in [0.4, 0.5) is 5.69 Å². The van der Waals surface area contributed by atoms with Crippen LogP contribution in [0.3, 0.4) is 0 Å². The number of carbonyl (C=O) groups excluding carboxylic acids is 1. The Balaban J connectivity index is 1.86. The zero-order valence-electron chi connectivity index (χ0n) is 11.3. The Bertz CT molecular complexity index is 704. The average molecular weight is 357 g/mol. The van der Waals surface area contributed by atoms with E-state index in [4.69, 9.17) is 34.8 Å². The van der Waals surface area contributed by atoms with Gasteiger partial charge in [-0.25, -0.2) is 5.43 Å². The molecule has 4 nitrogen and oxygen atoms in total. The van der Waals surface area contributed by atoms with E-state index in [-0.39, 0.29) is 12.5 Å². The molecule has 0 spiro atoms. The van der Waals surface area contributed by atoms with Crippen LogP contribution in [-0.4, -0.2) is 18.7 Å². The monoisotopic (exact) mass is 355 g/mol. The van der Waals surface area contributed by atoms with Crippen molar-refractivity contribution in [1.82, 2.24) is 5.43 Å². The number of carbonyl (C=O) groups is 1. The predicted octanol–water partition coefficient (Wildman–Crippen LogP) is 4.21. The zero-order chi connectivity index (χ0) is 15.9. The van der Waals surface area contributed by atoms with Gasteiger partial charge in [-0.15, -0.1) is 0 Å². The van der Waals surface area contributed by atoms with Crippen LogP contribution >= 0.6 is 34.8 Å². The van der Waals surface area contributed by atoms with E-state index in [9.17, 15) is 4.79 Å². The number of hydrazone groups is 1. The number of para-hydroxylation sites is 1. The molecule has 0 bridgehead atoms. The van der Waals surface area contributed by atoms with E-state index in [1.54, 1.807) is 30.3 Å². The summed E-state index contributed by atoms with van der Waals surface area (Å²) in [6.07, 6.45) is 1.43. The fraction of sp³-hybridized carbons (Fsp3) is 0.0667. The van der Waals surface area contributed by atoms with E-state index in [0.717, 1.165) is 0 Å². The Hall–Kier alpha value is -1.75. The minimum absolute atomic E-state index is 0.0460. The number of benzene rings is 2. The van der Waals surface area contributed by atoms with Crippen LogP contribution in [0.1, 0.15) is 5.56 Å². The highest BCUT2D eigenvalue weighted by Gasteiger charge is 2.03. The van der Waals surface area contributed by atoms with Gasteiger partial charge in [0.25, 0.3) is 5.91 Å². The zero-order valence-corrected chi connectivity index (χ0v) is 13.6. The highest BCUT2D eigenvalue weighted by molar-refractivity contribution is 6.43. The van der Waals surface area contributed by atoms with Gasteiger partial charge in [-0.05, 0) is 18.2 Å². The molecule has 0 aliphatic carbocycles. The summed E-state index contributed by atoms with van der Waals surface area (Å²) in [6, 6.07) is 12.3. The van der Waals surface area contributed by atoms with Crippen molar-refractivity contribution in [2.24, 2.45) is 5.10 Å². The van der Waals surface area contributed by atoms with Crippen LogP contribution in [0, 0.1) is 0 Å². The molecular formula is C15H12Cl3N3O. The summed E-state index contributed by atoms with van der Waals surface area (Å²) >= 11 is 17.9. The van der Waals surface area contributed by atoms with E-state index in [1.165, 1.54) is 6.21 Å². The van der Waals surface area contributed by atoms with Gasteiger partial charge in [-0.1, -0.05) is 59.1 Å². The molecule has 2 aromatic carbocycles. The number of amides is 1. The van der Waals surface area contributed by atoms with E-state index in [1.807, 2.05) is 12.1 Å². The number of anilines is 1. The first-order valence-corrected chi connectivity index (χ1v) is 7.45. The van der Waals surface area contributed by atoms with Crippen molar-refractivity contribution in [3.8, 4) is 0 Å². The molecule has 0 radical (unpaired) electrons. The molecule has 2 N–H and O–H groups in total. The topological polar surface area (TPSA) is 53.5 Å². The van der Waals surface area contributed by atoms with E-state index < -0.39 is 0 Å². The highest BCUT2D eigenvalue weighted by Crippen LogP contribution is 2.24. The summed E-state index contributed by atoms with van der Waals surface area (Å²) in [7, 11) is 0. The summed E-state index contributed by atoms with van der Waals surface area (Å²) in [5.41, 5.74) is 3.69. The molecule has 0 aromatic heterocycles. The lowest BCUT2D eigenvalue weighted by Gasteiger charge is -2.06. The number of halogens is 3. The first kappa shape index (κ1) is 16.6. The molecule has 0 aliphatic rings. The number of rotatable bonds is 5. The maximum atomic E-state index is 11.7. The summed E-state index contributed by atoms with van der Waals surface area (Å²) in [6.45, 7) is 0.0460. The minimum Gasteiger partial charge on any atom is -0.375 e. The third kappa shape index (κ3) is 4.63. The lowest BCUT2D eigenvalue weighted by Crippen LogP contribution is -2.25. The fourth-order valence-corrected chi connectivity index (χ4v) is 2.17. The number of hydrogen-bond donors (Lipinski definition) is 2. The first-order valence-electron chi connectivity index (χ1n) is 6.32. The van der Waals surface area contributed by atoms with Crippen molar-refractivity contribution in [1.29, 1.82) is 0 Å². The molecule has 0 saturated heterocycles. The Labute approximate surface area is 143 Å². The first-order chi connectivity index (χ1) is 10.6. The lowest BCUT2D eigenvalue weighted by molar-refractivity contribution is -0.119. The largest absolute Gasteiger partial charge is 0.375 e. The van der Waals surface area contributed by atoms with Gasteiger partial charge in [-0.3, -0.25) is 4.79 Å². The van der Waals surface area contributed by atoms with Crippen LogP contribution in [0.5, 0.6) is 0 Å². The lowest BCUT2D eigenvalue weighted by atomic mass is 10.2. The molecule has 7 heteroatoms. The van der Waals surface area contributed by atoms with Crippen molar-refractivity contribution in [3.05, 3.63) is 63.1 Å². The van der Waals surface area contributed by atoms with Crippen molar-refractivity contribution in [3.63, 3.8) is 0 Å². The molecule has 0 aliphatic heterocycles. The normalized spacial score (nSPS) is 10.7. The smallest absolute Gasteiger partial charge is 0.259 e. The molecule has 2 aromatic rings. The van der Waals surface area contributed by atoms with Gasteiger partial charge < -0.3 is 5.32 Å². The Morgan fingerprint density at radius 1 is 1.05 bits per heavy atom. The maximum absolute atomic E-state index is 11.7. The molecule has 0 atom stereocenters. The summed E-state index contributed by atoms with van der Waals surface area (Å²) in [5, 5.41) is 8.11. The minimum atomic E-state index is -0.311. The van der Waals surface area contributed by atoms with Gasteiger partial charge in [0.15, 0.2) is 0 Å². The van der Waals surface area contributed by atoms with Gasteiger partial charge in [0.05, 0.1) is 33.5 Å². The van der Waals surface area contributed by atoms with Crippen LogP contribution in [0.15, 0.2) is 47.6 Å². The van der Waals surface area contributed by atoms with Crippen LogP contribution < -0.4 is 10.7 Å². The van der Waals surface area contributed by atoms with Crippen LogP contribution in [0.25, 0.3) is 0 Å². The van der Waals surface area contributed by atoms with Crippen molar-refractivity contribution in [2.45, 2.75) is 0 Å². The van der Waals surface area contributed by atoms with E-state index in [2.05, 4.69) is 15.8 Å². The second kappa shape index (κ2) is 8.03. The van der Waals surface area contributed by atoms with E-state index >= 15 is 0 Å². The molecule has 0 heterocycles.